The molecule has 1 N–H and O–H groups in total. The van der Waals surface area contributed by atoms with Gasteiger partial charge in [-0.25, -0.2) is 0 Å². The summed E-state index contributed by atoms with van der Waals surface area (Å²) in [6, 6.07) is 0. The first-order valence-corrected chi connectivity index (χ1v) is 4.78. The van der Waals surface area contributed by atoms with Crippen molar-refractivity contribution < 1.29 is 5.11 Å². The lowest BCUT2D eigenvalue weighted by atomic mass is 10.0. The second-order valence-corrected chi connectivity index (χ2v) is 3.82. The predicted octanol–water partition coefficient (Wildman–Crippen LogP) is 0.519. The second kappa shape index (κ2) is 3.46. The summed E-state index contributed by atoms with van der Waals surface area (Å²) >= 11 is 0. The first kappa shape index (κ1) is 8.69. The number of rotatable bonds is 2. The van der Waals surface area contributed by atoms with Gasteiger partial charge < -0.3 is 9.67 Å². The highest BCUT2D eigenvalue weighted by atomic mass is 16.3. The normalized spacial score (nSPS) is 28.2. The van der Waals surface area contributed by atoms with E-state index in [1.165, 1.54) is 0 Å². The van der Waals surface area contributed by atoms with Gasteiger partial charge in [-0.15, -0.1) is 10.2 Å². The largest absolute Gasteiger partial charge is 0.393 e. The molecule has 0 saturated heterocycles. The van der Waals surface area contributed by atoms with Crippen LogP contribution < -0.4 is 0 Å². The highest BCUT2D eigenvalue weighted by molar-refractivity contribution is 4.91. The number of nitrogens with zero attached hydrogens (tertiary/aromatic N) is 3. The predicted molar refractivity (Wildman–Crippen MR) is 48.1 cm³/mol. The molecule has 1 heterocycles. The maximum atomic E-state index is 9.62. The van der Waals surface area contributed by atoms with E-state index in [2.05, 4.69) is 10.2 Å². The van der Waals surface area contributed by atoms with Gasteiger partial charge in [-0.3, -0.25) is 0 Å². The van der Waals surface area contributed by atoms with E-state index in [9.17, 15) is 5.11 Å². The number of aliphatic hydroxyl groups excluding tert-OH is 1. The van der Waals surface area contributed by atoms with Crippen molar-refractivity contribution in [3.8, 4) is 0 Å². The summed E-state index contributed by atoms with van der Waals surface area (Å²) < 4.78 is 1.92. The molecule has 2 rings (SSSR count). The van der Waals surface area contributed by atoms with Crippen LogP contribution in [-0.4, -0.2) is 26.0 Å². The van der Waals surface area contributed by atoms with Gasteiger partial charge in [-0.2, -0.15) is 0 Å². The number of hydrogen-bond acceptors (Lipinski definition) is 3. The Labute approximate surface area is 77.6 Å². The molecular formula is C9H15N3O. The van der Waals surface area contributed by atoms with Crippen LogP contribution in [0.2, 0.25) is 0 Å². The Hall–Kier alpha value is -0.900. The van der Waals surface area contributed by atoms with Crippen LogP contribution in [0.15, 0.2) is 6.33 Å². The van der Waals surface area contributed by atoms with E-state index in [0.717, 1.165) is 31.5 Å². The fourth-order valence-corrected chi connectivity index (χ4v) is 1.98. The maximum Gasteiger partial charge on any atom is 0.132 e. The molecule has 0 unspecified atom stereocenters. The van der Waals surface area contributed by atoms with E-state index in [1.807, 2.05) is 11.6 Å². The summed E-state index contributed by atoms with van der Waals surface area (Å²) in [5, 5.41) is 17.5. The number of aliphatic hydroxyl groups is 1. The number of aromatic nitrogens is 3. The van der Waals surface area contributed by atoms with Crippen LogP contribution in [0.1, 0.15) is 25.1 Å². The molecule has 4 nitrogen and oxygen atoms in total. The summed E-state index contributed by atoms with van der Waals surface area (Å²) in [5.41, 5.74) is 0. The standard InChI is InChI=1S/C9H15N3O/c1-12-6-10-11-9(12)5-7-3-2-4-8(7)13/h6-8,13H,2-5H2,1H3/t7-,8+/m0/s1. The van der Waals surface area contributed by atoms with Crippen molar-refractivity contribution in [2.45, 2.75) is 31.8 Å². The van der Waals surface area contributed by atoms with E-state index in [0.29, 0.717) is 5.92 Å². The van der Waals surface area contributed by atoms with Crippen LogP contribution in [0.5, 0.6) is 0 Å². The Morgan fingerprint density at radius 1 is 1.62 bits per heavy atom. The van der Waals surface area contributed by atoms with Crippen LogP contribution in [0.25, 0.3) is 0 Å². The molecule has 0 aliphatic heterocycles. The quantitative estimate of drug-likeness (QED) is 0.723. The van der Waals surface area contributed by atoms with E-state index in [-0.39, 0.29) is 6.10 Å². The van der Waals surface area contributed by atoms with Gasteiger partial charge in [0, 0.05) is 13.5 Å². The van der Waals surface area contributed by atoms with Crippen LogP contribution in [0.4, 0.5) is 0 Å². The first-order chi connectivity index (χ1) is 6.27. The van der Waals surface area contributed by atoms with Crippen LogP contribution >= 0.6 is 0 Å². The molecular weight excluding hydrogens is 166 g/mol. The third kappa shape index (κ3) is 1.72. The van der Waals surface area contributed by atoms with Crippen molar-refractivity contribution in [2.75, 3.05) is 0 Å². The van der Waals surface area contributed by atoms with Crippen molar-refractivity contribution in [2.24, 2.45) is 13.0 Å². The topological polar surface area (TPSA) is 50.9 Å². The van der Waals surface area contributed by atoms with Gasteiger partial charge in [0.05, 0.1) is 6.10 Å². The molecule has 1 fully saturated rings. The Morgan fingerprint density at radius 3 is 3.00 bits per heavy atom. The van der Waals surface area contributed by atoms with Gasteiger partial charge in [-0.1, -0.05) is 6.42 Å². The van der Waals surface area contributed by atoms with Gasteiger partial charge in [0.1, 0.15) is 12.2 Å². The molecule has 0 amide bonds. The van der Waals surface area contributed by atoms with Crippen molar-refractivity contribution in [1.29, 1.82) is 0 Å². The molecule has 0 radical (unpaired) electrons. The number of hydrogen-bond donors (Lipinski definition) is 1. The summed E-state index contributed by atoms with van der Waals surface area (Å²) in [7, 11) is 1.94. The van der Waals surface area contributed by atoms with Crippen molar-refractivity contribution in [3.63, 3.8) is 0 Å². The molecule has 0 aromatic carbocycles. The lowest BCUT2D eigenvalue weighted by Crippen LogP contribution is -2.17. The highest BCUT2D eigenvalue weighted by Crippen LogP contribution is 2.27. The van der Waals surface area contributed by atoms with Crippen molar-refractivity contribution in [1.82, 2.24) is 14.8 Å². The monoisotopic (exact) mass is 181 g/mol. The maximum absolute atomic E-state index is 9.62. The van der Waals surface area contributed by atoms with Crippen molar-refractivity contribution >= 4 is 0 Å². The fourth-order valence-electron chi connectivity index (χ4n) is 1.98. The molecule has 1 aliphatic carbocycles. The molecule has 72 valence electrons. The van der Waals surface area contributed by atoms with Crippen LogP contribution in [-0.2, 0) is 13.5 Å². The highest BCUT2D eigenvalue weighted by Gasteiger charge is 2.26. The third-order valence-electron chi connectivity index (χ3n) is 2.87. The molecule has 1 aromatic heterocycles. The zero-order chi connectivity index (χ0) is 9.26. The van der Waals surface area contributed by atoms with E-state index >= 15 is 0 Å². The van der Waals surface area contributed by atoms with Gasteiger partial charge >= 0.3 is 0 Å². The summed E-state index contributed by atoms with van der Waals surface area (Å²) in [6.45, 7) is 0. The van der Waals surface area contributed by atoms with Crippen LogP contribution in [0.3, 0.4) is 0 Å². The van der Waals surface area contributed by atoms with Crippen LogP contribution in [0, 0.1) is 5.92 Å². The minimum Gasteiger partial charge on any atom is -0.393 e. The third-order valence-corrected chi connectivity index (χ3v) is 2.87. The minimum atomic E-state index is -0.128. The summed E-state index contributed by atoms with van der Waals surface area (Å²) in [4.78, 5) is 0. The van der Waals surface area contributed by atoms with E-state index in [1.54, 1.807) is 6.33 Å². The molecule has 13 heavy (non-hydrogen) atoms. The molecule has 1 aromatic rings. The zero-order valence-corrected chi connectivity index (χ0v) is 7.85. The number of aryl methyl sites for hydroxylation is 1. The van der Waals surface area contributed by atoms with Gasteiger partial charge in [0.15, 0.2) is 0 Å². The Balaban J connectivity index is 2.01. The molecule has 2 atom stereocenters. The lowest BCUT2D eigenvalue weighted by molar-refractivity contribution is 0.131. The van der Waals surface area contributed by atoms with Gasteiger partial charge in [-0.05, 0) is 18.8 Å². The molecule has 0 bridgehead atoms. The zero-order valence-electron chi connectivity index (χ0n) is 7.85. The fraction of sp³-hybridized carbons (Fsp3) is 0.778. The second-order valence-electron chi connectivity index (χ2n) is 3.82. The van der Waals surface area contributed by atoms with Crippen molar-refractivity contribution in [3.05, 3.63) is 12.2 Å². The van der Waals surface area contributed by atoms with E-state index < -0.39 is 0 Å². The molecule has 1 saturated carbocycles. The minimum absolute atomic E-state index is 0.128. The first-order valence-electron chi connectivity index (χ1n) is 4.78. The smallest absolute Gasteiger partial charge is 0.132 e. The van der Waals surface area contributed by atoms with Gasteiger partial charge in [0.2, 0.25) is 0 Å². The average Bonchev–Trinajstić information content (AvgIpc) is 2.65. The SMILES string of the molecule is Cn1cnnc1C[C@@H]1CCC[C@H]1O. The summed E-state index contributed by atoms with van der Waals surface area (Å²) in [6.07, 6.45) is 5.64. The Morgan fingerprint density at radius 2 is 2.46 bits per heavy atom. The molecule has 4 heteroatoms. The summed E-state index contributed by atoms with van der Waals surface area (Å²) in [5.74, 6) is 1.37. The Kier molecular flexibility index (Phi) is 2.31. The van der Waals surface area contributed by atoms with Gasteiger partial charge in [0.25, 0.3) is 0 Å². The molecule has 0 spiro atoms. The van der Waals surface area contributed by atoms with E-state index in [4.69, 9.17) is 0 Å². The average molecular weight is 181 g/mol. The lowest BCUT2D eigenvalue weighted by Gasteiger charge is -2.12. The molecule has 1 aliphatic rings. The Bertz CT molecular complexity index is 284.